The summed E-state index contributed by atoms with van der Waals surface area (Å²) < 4.78 is 11.4. The molecule has 0 bridgehead atoms. The summed E-state index contributed by atoms with van der Waals surface area (Å²) >= 11 is 12.8. The third-order valence-electron chi connectivity index (χ3n) is 4.59. The van der Waals surface area contributed by atoms with Gasteiger partial charge in [-0.2, -0.15) is 0 Å². The summed E-state index contributed by atoms with van der Waals surface area (Å²) in [6.07, 6.45) is 2.91. The molecule has 0 fully saturated rings. The van der Waals surface area contributed by atoms with Crippen LogP contribution in [-0.2, 0) is 0 Å². The highest BCUT2D eigenvalue weighted by molar-refractivity contribution is 6.40. The van der Waals surface area contributed by atoms with Gasteiger partial charge in [0.15, 0.2) is 11.3 Å². The number of rotatable bonds is 4. The maximum atomic E-state index is 13.1. The van der Waals surface area contributed by atoms with Crippen LogP contribution in [0.2, 0.25) is 10.0 Å². The van der Waals surface area contributed by atoms with Crippen LogP contribution in [0.5, 0.6) is 5.75 Å². The number of ether oxygens (including phenoxy) is 1. The topological polar surface area (TPSA) is 67.6 Å². The number of hydrogen-bond donors (Lipinski definition) is 1. The Bertz CT molecular complexity index is 1230. The van der Waals surface area contributed by atoms with Crippen LogP contribution < -0.4 is 15.0 Å². The van der Waals surface area contributed by atoms with Crippen LogP contribution >= 0.6 is 23.2 Å². The van der Waals surface area contributed by atoms with E-state index in [2.05, 4.69) is 10.3 Å². The van der Waals surface area contributed by atoms with Gasteiger partial charge in [-0.25, -0.2) is 4.79 Å². The number of carbonyl (C=O) groups excluding carboxylic acids is 1. The summed E-state index contributed by atoms with van der Waals surface area (Å²) in [4.78, 5) is 18.6. The van der Waals surface area contributed by atoms with E-state index < -0.39 is 0 Å². The van der Waals surface area contributed by atoms with Crippen LogP contribution in [0.1, 0.15) is 13.8 Å². The summed E-state index contributed by atoms with van der Waals surface area (Å²) in [6.45, 7) is 3.76. The molecule has 0 aliphatic heterocycles. The first-order chi connectivity index (χ1) is 14.4. The highest BCUT2D eigenvalue weighted by atomic mass is 35.5. The van der Waals surface area contributed by atoms with Crippen LogP contribution in [0.4, 0.5) is 16.2 Å². The van der Waals surface area contributed by atoms with Crippen molar-refractivity contribution in [2.75, 3.05) is 12.0 Å². The molecule has 30 heavy (non-hydrogen) atoms. The molecule has 2 aromatic carbocycles. The Kier molecular flexibility index (Phi) is 5.45. The van der Waals surface area contributed by atoms with Gasteiger partial charge in [-0.1, -0.05) is 35.3 Å². The number of para-hydroxylation sites is 1. The number of nitrogens with one attached hydrogen (secondary N) is 1. The molecule has 6 nitrogen and oxygen atoms in total. The van der Waals surface area contributed by atoms with E-state index >= 15 is 0 Å². The fourth-order valence-corrected chi connectivity index (χ4v) is 3.87. The predicted molar refractivity (Wildman–Crippen MR) is 120 cm³/mol. The minimum atomic E-state index is -0.357. The molecule has 0 atom stereocenters. The van der Waals surface area contributed by atoms with Crippen LogP contribution in [0.3, 0.4) is 0 Å². The minimum absolute atomic E-state index is 0.0814. The molecule has 0 aliphatic carbocycles. The van der Waals surface area contributed by atoms with E-state index in [1.165, 1.54) is 17.3 Å². The minimum Gasteiger partial charge on any atom is -0.493 e. The Morgan fingerprint density at radius 2 is 1.87 bits per heavy atom. The molecule has 154 valence electrons. The summed E-state index contributed by atoms with van der Waals surface area (Å²) in [7, 11) is 1.60. The molecule has 1 N–H and O–H groups in total. The van der Waals surface area contributed by atoms with E-state index in [4.69, 9.17) is 32.4 Å². The third-order valence-corrected chi connectivity index (χ3v) is 5.14. The number of benzene rings is 2. The van der Waals surface area contributed by atoms with Crippen molar-refractivity contribution in [3.8, 4) is 5.75 Å². The highest BCUT2D eigenvalue weighted by Gasteiger charge is 2.25. The lowest BCUT2D eigenvalue weighted by Gasteiger charge is -2.26. The smallest absolute Gasteiger partial charge is 0.326 e. The molecule has 2 heterocycles. The number of furan rings is 1. The first-order valence-corrected chi connectivity index (χ1v) is 10.0. The lowest BCUT2D eigenvalue weighted by Crippen LogP contribution is -2.40. The molecule has 2 amide bonds. The van der Waals surface area contributed by atoms with Gasteiger partial charge in [0, 0.05) is 29.2 Å². The first-order valence-electron chi connectivity index (χ1n) is 9.29. The van der Waals surface area contributed by atoms with E-state index in [0.717, 1.165) is 10.8 Å². The molecule has 0 saturated carbocycles. The number of pyridine rings is 1. The Morgan fingerprint density at radius 1 is 1.13 bits per heavy atom. The lowest BCUT2D eigenvalue weighted by atomic mass is 10.1. The van der Waals surface area contributed by atoms with Crippen molar-refractivity contribution >= 4 is 62.5 Å². The molecule has 0 unspecified atom stereocenters. The number of hydrogen-bond acceptors (Lipinski definition) is 4. The number of amides is 2. The highest BCUT2D eigenvalue weighted by Crippen LogP contribution is 2.41. The van der Waals surface area contributed by atoms with Gasteiger partial charge in [-0.15, -0.1) is 0 Å². The Labute approximate surface area is 183 Å². The predicted octanol–water partition coefficient (Wildman–Crippen LogP) is 6.55. The van der Waals surface area contributed by atoms with Crippen molar-refractivity contribution < 1.29 is 13.9 Å². The van der Waals surface area contributed by atoms with Crippen molar-refractivity contribution in [3.63, 3.8) is 0 Å². The number of methoxy groups -OCH3 is 1. The van der Waals surface area contributed by atoms with E-state index in [1.54, 1.807) is 13.2 Å². The van der Waals surface area contributed by atoms with Gasteiger partial charge in [0.1, 0.15) is 5.58 Å². The molecule has 2 aromatic heterocycles. The van der Waals surface area contributed by atoms with E-state index in [9.17, 15) is 4.79 Å². The second-order valence-corrected chi connectivity index (χ2v) is 7.83. The fraction of sp³-hybridized carbons (Fsp3) is 0.182. The number of fused-ring (bicyclic) bond motifs is 3. The normalized spacial score (nSPS) is 11.3. The summed E-state index contributed by atoms with van der Waals surface area (Å²) in [5, 5.41) is 5.14. The third kappa shape index (κ3) is 3.53. The largest absolute Gasteiger partial charge is 0.493 e. The zero-order valence-corrected chi connectivity index (χ0v) is 18.1. The first kappa shape index (κ1) is 20.3. The van der Waals surface area contributed by atoms with Crippen LogP contribution in [0, 0.1) is 0 Å². The number of halogens is 2. The second-order valence-electron chi connectivity index (χ2n) is 7.01. The van der Waals surface area contributed by atoms with Crippen LogP contribution in [-0.4, -0.2) is 24.2 Å². The maximum Gasteiger partial charge on any atom is 0.326 e. The zero-order valence-electron chi connectivity index (χ0n) is 16.6. The van der Waals surface area contributed by atoms with Gasteiger partial charge in [-0.05, 0) is 38.1 Å². The van der Waals surface area contributed by atoms with Crippen molar-refractivity contribution in [1.29, 1.82) is 0 Å². The van der Waals surface area contributed by atoms with E-state index in [1.807, 2.05) is 44.2 Å². The number of nitrogens with zero attached hydrogens (tertiary/aromatic N) is 2. The molecule has 4 aromatic rings. The van der Waals surface area contributed by atoms with E-state index in [-0.39, 0.29) is 22.1 Å². The van der Waals surface area contributed by atoms with Gasteiger partial charge in [0.25, 0.3) is 0 Å². The lowest BCUT2D eigenvalue weighted by molar-refractivity contribution is 0.246. The average molecular weight is 444 g/mol. The summed E-state index contributed by atoms with van der Waals surface area (Å²) in [6, 6.07) is 10.7. The van der Waals surface area contributed by atoms with Gasteiger partial charge >= 0.3 is 6.03 Å². The molecule has 0 spiro atoms. The fourth-order valence-electron chi connectivity index (χ4n) is 3.34. The van der Waals surface area contributed by atoms with Crippen molar-refractivity contribution in [2.45, 2.75) is 19.9 Å². The van der Waals surface area contributed by atoms with Crippen LogP contribution in [0.15, 0.2) is 53.2 Å². The quantitative estimate of drug-likeness (QED) is 0.388. The summed E-state index contributed by atoms with van der Waals surface area (Å²) in [5.74, 6) is 0.639. The molecule has 8 heteroatoms. The second kappa shape index (κ2) is 8.05. The molecule has 0 saturated heterocycles. The maximum absolute atomic E-state index is 13.1. The SMILES string of the molecule is COc1cccc2c1oc1ccc(N(C(=O)NC(C)C)c3c(Cl)cncc3Cl)cc12. The number of anilines is 2. The van der Waals surface area contributed by atoms with Gasteiger partial charge in [-0.3, -0.25) is 9.88 Å². The Morgan fingerprint density at radius 3 is 2.53 bits per heavy atom. The standard InChI is InChI=1S/C22H19Cl2N3O3/c1-12(2)26-22(28)27(20-16(23)10-25-11-17(20)24)13-7-8-18-15(9-13)14-5-4-6-19(29-3)21(14)30-18/h4-12H,1-3H3,(H,26,28). The van der Waals surface area contributed by atoms with Crippen molar-refractivity contribution in [2.24, 2.45) is 0 Å². The van der Waals surface area contributed by atoms with Crippen molar-refractivity contribution in [3.05, 3.63) is 58.8 Å². The summed E-state index contributed by atoms with van der Waals surface area (Å²) in [5.41, 5.74) is 2.26. The monoisotopic (exact) mass is 443 g/mol. The molecular formula is C22H19Cl2N3O3. The Balaban J connectivity index is 1.94. The molecule has 4 rings (SSSR count). The number of urea groups is 1. The van der Waals surface area contributed by atoms with Gasteiger partial charge in [0.2, 0.25) is 0 Å². The van der Waals surface area contributed by atoms with E-state index in [0.29, 0.717) is 28.3 Å². The molecule has 0 aliphatic rings. The number of aromatic nitrogens is 1. The average Bonchev–Trinajstić information content (AvgIpc) is 3.08. The molecular weight excluding hydrogens is 425 g/mol. The van der Waals surface area contributed by atoms with Crippen molar-refractivity contribution in [1.82, 2.24) is 10.3 Å². The Hall–Kier alpha value is -2.96. The van der Waals surface area contributed by atoms with Gasteiger partial charge < -0.3 is 14.5 Å². The zero-order chi connectivity index (χ0) is 21.4. The molecule has 0 radical (unpaired) electrons. The van der Waals surface area contributed by atoms with Gasteiger partial charge in [0.05, 0.1) is 28.5 Å². The number of carbonyl (C=O) groups is 1. The van der Waals surface area contributed by atoms with Crippen LogP contribution in [0.25, 0.3) is 21.9 Å².